The van der Waals surface area contributed by atoms with Crippen LogP contribution in [0.25, 0.3) is 16.6 Å². The monoisotopic (exact) mass is 554 g/mol. The molecule has 8 heteroatoms. The molecule has 0 saturated carbocycles. The van der Waals surface area contributed by atoms with Crippen molar-refractivity contribution in [3.63, 3.8) is 0 Å². The van der Waals surface area contributed by atoms with Gasteiger partial charge in [0.2, 0.25) is 0 Å². The van der Waals surface area contributed by atoms with E-state index in [0.29, 0.717) is 12.1 Å². The number of rotatable bonds is 7. The number of unbranched alkanes of at least 4 members (excludes halogenated alkanes) is 1. The molecule has 0 unspecified atom stereocenters. The van der Waals surface area contributed by atoms with Crippen LogP contribution >= 0.6 is 31.9 Å². The third-order valence-corrected chi connectivity index (χ3v) is 7.53. The first kappa shape index (κ1) is 22.3. The molecule has 0 saturated heterocycles. The Morgan fingerprint density at radius 1 is 1.19 bits per heavy atom. The van der Waals surface area contributed by atoms with Gasteiger partial charge in [0.25, 0.3) is 0 Å². The number of aromatic carboxylic acids is 1. The van der Waals surface area contributed by atoms with Crippen molar-refractivity contribution in [3.8, 4) is 11.8 Å². The molecule has 0 aliphatic rings. The second kappa shape index (κ2) is 9.31. The molecule has 0 spiro atoms. The first-order valence-corrected chi connectivity index (χ1v) is 11.8. The summed E-state index contributed by atoms with van der Waals surface area (Å²) in [5.41, 5.74) is 3.38. The third kappa shape index (κ3) is 3.87. The Bertz CT molecular complexity index is 1360. The lowest BCUT2D eigenvalue weighted by Gasteiger charge is -2.13. The number of nitriles is 1. The Morgan fingerprint density at radius 2 is 1.97 bits per heavy atom. The van der Waals surface area contributed by atoms with Crippen molar-refractivity contribution in [3.05, 3.63) is 80.4 Å². The molecule has 0 atom stereocenters. The van der Waals surface area contributed by atoms with Gasteiger partial charge in [0.05, 0.1) is 34.0 Å². The van der Waals surface area contributed by atoms with Crippen LogP contribution in [-0.4, -0.2) is 25.2 Å². The highest BCUT2D eigenvalue weighted by molar-refractivity contribution is 9.13. The topological polar surface area (TPSA) is 83.8 Å². The molecule has 162 valence electrons. The van der Waals surface area contributed by atoms with Gasteiger partial charge in [0.15, 0.2) is 0 Å². The summed E-state index contributed by atoms with van der Waals surface area (Å²) >= 11 is 7.40. The van der Waals surface area contributed by atoms with Crippen molar-refractivity contribution in [2.24, 2.45) is 0 Å². The summed E-state index contributed by atoms with van der Waals surface area (Å²) in [7, 11) is 0. The normalized spacial score (nSPS) is 11.1. The van der Waals surface area contributed by atoms with Gasteiger partial charge >= 0.3 is 5.97 Å². The lowest BCUT2D eigenvalue weighted by Crippen LogP contribution is -2.13. The maximum atomic E-state index is 11.8. The van der Waals surface area contributed by atoms with Gasteiger partial charge in [-0.05, 0) is 62.0 Å². The number of hydrogen-bond donors (Lipinski definition) is 1. The fraction of sp³-hybridized carbons (Fsp3) is 0.208. The summed E-state index contributed by atoms with van der Waals surface area (Å²) < 4.78 is 5.42. The van der Waals surface area contributed by atoms with E-state index in [1.54, 1.807) is 10.6 Å². The van der Waals surface area contributed by atoms with E-state index in [-0.39, 0.29) is 5.69 Å². The van der Waals surface area contributed by atoms with Crippen molar-refractivity contribution in [1.82, 2.24) is 14.1 Å². The zero-order chi connectivity index (χ0) is 22.8. The molecule has 0 aliphatic heterocycles. The molecular formula is C24H20Br2N4O2. The van der Waals surface area contributed by atoms with E-state index in [0.717, 1.165) is 56.3 Å². The molecule has 1 N–H and O–H groups in total. The predicted octanol–water partition coefficient (Wildman–Crippen LogP) is 6.31. The van der Waals surface area contributed by atoms with Crippen molar-refractivity contribution in [2.45, 2.75) is 32.7 Å². The second-order valence-electron chi connectivity index (χ2n) is 7.43. The number of carboxylic acid groups (broad SMARTS) is 1. The quantitative estimate of drug-likeness (QED) is 0.289. The summed E-state index contributed by atoms with van der Waals surface area (Å²) in [4.78, 5) is 16.2. The van der Waals surface area contributed by atoms with Crippen LogP contribution in [0.4, 0.5) is 0 Å². The molecular weight excluding hydrogens is 536 g/mol. The van der Waals surface area contributed by atoms with Crippen molar-refractivity contribution >= 4 is 48.7 Å². The van der Waals surface area contributed by atoms with Crippen LogP contribution in [0.3, 0.4) is 0 Å². The van der Waals surface area contributed by atoms with E-state index in [2.05, 4.69) is 49.8 Å². The number of para-hydroxylation sites is 1. The standard InChI is InChI=1S/C24H20Br2N4O2/c1-2-3-11-20-28-13-19(24(31)32)29(20)14-16-8-6-10-18-21(16)22(25)23(26)30(18)17-9-5-4-7-15(17)12-27/h4-10,13H,2-3,11,14H2,1H3,(H,31,32). The number of hydrogen-bond acceptors (Lipinski definition) is 3. The average Bonchev–Trinajstić information content (AvgIpc) is 3.31. The van der Waals surface area contributed by atoms with Gasteiger partial charge in [0.1, 0.15) is 22.2 Å². The zero-order valence-corrected chi connectivity index (χ0v) is 20.5. The van der Waals surface area contributed by atoms with Gasteiger partial charge in [0, 0.05) is 11.8 Å². The van der Waals surface area contributed by atoms with E-state index < -0.39 is 5.97 Å². The number of aromatic nitrogens is 3. The molecule has 4 rings (SSSR count). The fourth-order valence-corrected chi connectivity index (χ4v) is 5.15. The Balaban J connectivity index is 1.90. The number of halogens is 2. The molecule has 4 aromatic rings. The number of aryl methyl sites for hydroxylation is 1. The van der Waals surface area contributed by atoms with E-state index >= 15 is 0 Å². The van der Waals surface area contributed by atoms with Crippen LogP contribution in [0.2, 0.25) is 0 Å². The number of imidazole rings is 1. The maximum absolute atomic E-state index is 11.8. The molecule has 2 heterocycles. The SMILES string of the molecule is CCCCc1ncc(C(=O)O)n1Cc1cccc2c1c(Br)c(Br)n2-c1ccccc1C#N. The minimum Gasteiger partial charge on any atom is -0.477 e. The first-order valence-electron chi connectivity index (χ1n) is 10.2. The number of carboxylic acids is 1. The molecule has 0 fully saturated rings. The van der Waals surface area contributed by atoms with Gasteiger partial charge < -0.3 is 14.2 Å². The lowest BCUT2D eigenvalue weighted by molar-refractivity contribution is 0.0685. The largest absolute Gasteiger partial charge is 0.477 e. The highest BCUT2D eigenvalue weighted by Crippen LogP contribution is 2.40. The summed E-state index contributed by atoms with van der Waals surface area (Å²) in [6.45, 7) is 2.48. The van der Waals surface area contributed by atoms with Crippen molar-refractivity contribution in [2.75, 3.05) is 0 Å². The summed E-state index contributed by atoms with van der Waals surface area (Å²) in [5.74, 6) is -0.223. The molecule has 6 nitrogen and oxygen atoms in total. The second-order valence-corrected chi connectivity index (χ2v) is 8.98. The molecule has 32 heavy (non-hydrogen) atoms. The number of nitrogens with zero attached hydrogens (tertiary/aromatic N) is 4. The van der Waals surface area contributed by atoms with Crippen LogP contribution in [0.15, 0.2) is 57.7 Å². The van der Waals surface area contributed by atoms with Crippen LogP contribution < -0.4 is 0 Å². The minimum atomic E-state index is -0.992. The van der Waals surface area contributed by atoms with E-state index in [1.807, 2.05) is 41.0 Å². The predicted molar refractivity (Wildman–Crippen MR) is 130 cm³/mol. The van der Waals surface area contributed by atoms with Crippen LogP contribution in [-0.2, 0) is 13.0 Å². The average molecular weight is 556 g/mol. The van der Waals surface area contributed by atoms with Crippen molar-refractivity contribution in [1.29, 1.82) is 5.26 Å². The van der Waals surface area contributed by atoms with Gasteiger partial charge in [-0.2, -0.15) is 5.26 Å². The Hall–Kier alpha value is -2.89. The van der Waals surface area contributed by atoms with Crippen LogP contribution in [0.5, 0.6) is 0 Å². The Morgan fingerprint density at radius 3 is 2.69 bits per heavy atom. The zero-order valence-electron chi connectivity index (χ0n) is 17.3. The lowest BCUT2D eigenvalue weighted by atomic mass is 10.1. The number of fused-ring (bicyclic) bond motifs is 1. The van der Waals surface area contributed by atoms with Gasteiger partial charge in [-0.25, -0.2) is 9.78 Å². The fourth-order valence-electron chi connectivity index (χ4n) is 3.93. The van der Waals surface area contributed by atoms with Crippen LogP contribution in [0, 0.1) is 11.3 Å². The van der Waals surface area contributed by atoms with E-state index in [1.165, 1.54) is 6.20 Å². The molecule has 0 aliphatic carbocycles. The molecule has 2 aromatic heterocycles. The Kier molecular flexibility index (Phi) is 6.49. The van der Waals surface area contributed by atoms with E-state index in [4.69, 9.17) is 0 Å². The van der Waals surface area contributed by atoms with Gasteiger partial charge in [-0.3, -0.25) is 0 Å². The molecule has 2 aromatic carbocycles. The maximum Gasteiger partial charge on any atom is 0.354 e. The molecule has 0 radical (unpaired) electrons. The van der Waals surface area contributed by atoms with Gasteiger partial charge in [-0.15, -0.1) is 0 Å². The number of benzene rings is 2. The highest BCUT2D eigenvalue weighted by atomic mass is 79.9. The summed E-state index contributed by atoms with van der Waals surface area (Å²) in [6.07, 6.45) is 4.11. The van der Waals surface area contributed by atoms with E-state index in [9.17, 15) is 15.2 Å². The third-order valence-electron chi connectivity index (χ3n) is 5.47. The Labute approximate surface area is 202 Å². The number of carbonyl (C=O) groups is 1. The first-order chi connectivity index (χ1) is 15.5. The molecule has 0 amide bonds. The minimum absolute atomic E-state index is 0.178. The van der Waals surface area contributed by atoms with Crippen LogP contribution in [0.1, 0.15) is 47.2 Å². The molecule has 0 bridgehead atoms. The summed E-state index contributed by atoms with van der Waals surface area (Å²) in [5, 5.41) is 20.3. The summed E-state index contributed by atoms with van der Waals surface area (Å²) in [6, 6.07) is 15.6. The smallest absolute Gasteiger partial charge is 0.354 e. The van der Waals surface area contributed by atoms with Crippen molar-refractivity contribution < 1.29 is 9.90 Å². The highest BCUT2D eigenvalue weighted by Gasteiger charge is 2.21. The van der Waals surface area contributed by atoms with Gasteiger partial charge in [-0.1, -0.05) is 37.6 Å².